The molecule has 1 spiro atoms. The van der Waals surface area contributed by atoms with Crippen LogP contribution < -0.4 is 4.90 Å². The van der Waals surface area contributed by atoms with Crippen molar-refractivity contribution in [2.75, 3.05) is 24.5 Å². The van der Waals surface area contributed by atoms with Gasteiger partial charge < -0.3 is 4.90 Å². The maximum absolute atomic E-state index is 13.2. The first kappa shape index (κ1) is 17.8. The number of amides is 2. The van der Waals surface area contributed by atoms with E-state index in [1.807, 2.05) is 48.9 Å². The van der Waals surface area contributed by atoms with E-state index in [0.29, 0.717) is 13.1 Å². The van der Waals surface area contributed by atoms with Crippen LogP contribution in [0.15, 0.2) is 30.5 Å². The molecule has 2 fully saturated rings. The lowest BCUT2D eigenvalue weighted by Crippen LogP contribution is -2.46. The van der Waals surface area contributed by atoms with Gasteiger partial charge in [-0.3, -0.25) is 19.2 Å². The van der Waals surface area contributed by atoms with Crippen LogP contribution in [-0.2, 0) is 11.8 Å². The van der Waals surface area contributed by atoms with E-state index in [-0.39, 0.29) is 17.2 Å². The minimum atomic E-state index is -0.330. The molecule has 0 radical (unpaired) electrons. The number of likely N-dealkylation sites (tertiary alicyclic amines) is 1. The van der Waals surface area contributed by atoms with Gasteiger partial charge in [0.1, 0.15) is 5.82 Å². The molecule has 2 aromatic rings. The highest BCUT2D eigenvalue weighted by Gasteiger charge is 2.49. The molecule has 4 rings (SSSR count). The van der Waals surface area contributed by atoms with Crippen molar-refractivity contribution in [3.05, 3.63) is 47.2 Å². The second-order valence-electron chi connectivity index (χ2n) is 7.97. The summed E-state index contributed by atoms with van der Waals surface area (Å²) in [6, 6.07) is 7.86. The molecule has 27 heavy (non-hydrogen) atoms. The van der Waals surface area contributed by atoms with Gasteiger partial charge in [0.15, 0.2) is 0 Å². The van der Waals surface area contributed by atoms with E-state index in [4.69, 9.17) is 0 Å². The second-order valence-corrected chi connectivity index (χ2v) is 7.97. The fourth-order valence-electron chi connectivity index (χ4n) is 4.55. The summed E-state index contributed by atoms with van der Waals surface area (Å²) < 4.78 is 1.75. The van der Waals surface area contributed by atoms with E-state index in [0.717, 1.165) is 48.3 Å². The van der Waals surface area contributed by atoms with Gasteiger partial charge in [-0.05, 0) is 45.2 Å². The lowest BCUT2D eigenvalue weighted by Gasteiger charge is -2.38. The van der Waals surface area contributed by atoms with Crippen LogP contribution in [0.1, 0.15) is 40.7 Å². The molecule has 0 bridgehead atoms. The van der Waals surface area contributed by atoms with Crippen LogP contribution in [0.3, 0.4) is 0 Å². The number of aryl methyl sites for hydroxylation is 3. The molecule has 142 valence electrons. The third kappa shape index (κ3) is 3.03. The van der Waals surface area contributed by atoms with Gasteiger partial charge in [-0.15, -0.1) is 0 Å². The summed E-state index contributed by atoms with van der Waals surface area (Å²) >= 11 is 0. The Morgan fingerprint density at radius 3 is 2.26 bits per heavy atom. The molecule has 1 aromatic carbocycles. The predicted octanol–water partition coefficient (Wildman–Crippen LogP) is 2.70. The Kier molecular flexibility index (Phi) is 4.29. The average Bonchev–Trinajstić information content (AvgIpc) is 3.18. The fourth-order valence-corrected chi connectivity index (χ4v) is 4.55. The maximum atomic E-state index is 13.2. The molecule has 6 heteroatoms. The Labute approximate surface area is 159 Å². The lowest BCUT2D eigenvalue weighted by atomic mass is 9.77. The van der Waals surface area contributed by atoms with Gasteiger partial charge >= 0.3 is 0 Å². The number of hydrogen-bond donors (Lipinski definition) is 0. The summed E-state index contributed by atoms with van der Waals surface area (Å²) in [5.74, 6) is 1.11. The van der Waals surface area contributed by atoms with E-state index in [1.54, 1.807) is 10.9 Å². The Bertz CT molecular complexity index is 873. The molecule has 1 aromatic heterocycles. The van der Waals surface area contributed by atoms with E-state index in [9.17, 15) is 9.59 Å². The van der Waals surface area contributed by atoms with Crippen LogP contribution in [-0.4, -0.2) is 46.1 Å². The van der Waals surface area contributed by atoms with Crippen LogP contribution in [0.2, 0.25) is 0 Å². The smallest absolute Gasteiger partial charge is 0.253 e. The largest absolute Gasteiger partial charge is 0.339 e. The zero-order valence-corrected chi connectivity index (χ0v) is 16.2. The third-order valence-corrected chi connectivity index (χ3v) is 6.06. The number of piperidine rings is 1. The van der Waals surface area contributed by atoms with Crippen LogP contribution in [0.25, 0.3) is 0 Å². The van der Waals surface area contributed by atoms with Crippen molar-refractivity contribution in [3.63, 3.8) is 0 Å². The molecule has 2 aliphatic rings. The Morgan fingerprint density at radius 1 is 1.04 bits per heavy atom. The number of benzene rings is 1. The summed E-state index contributed by atoms with van der Waals surface area (Å²) in [6.07, 6.45) is 4.04. The van der Waals surface area contributed by atoms with E-state index >= 15 is 0 Å². The topological polar surface area (TPSA) is 58.4 Å². The van der Waals surface area contributed by atoms with Gasteiger partial charge in [-0.1, -0.05) is 17.2 Å². The quantitative estimate of drug-likeness (QED) is 0.821. The van der Waals surface area contributed by atoms with Crippen molar-refractivity contribution >= 4 is 17.6 Å². The third-order valence-electron chi connectivity index (χ3n) is 6.06. The van der Waals surface area contributed by atoms with Crippen molar-refractivity contribution < 1.29 is 9.59 Å². The van der Waals surface area contributed by atoms with Crippen LogP contribution >= 0.6 is 0 Å². The molecular weight excluding hydrogens is 340 g/mol. The molecule has 3 heterocycles. The monoisotopic (exact) mass is 366 g/mol. The van der Waals surface area contributed by atoms with Crippen molar-refractivity contribution in [1.82, 2.24) is 14.7 Å². The standard InChI is InChI=1S/C21H26N4O2/c1-15-12-16(2)14-17(13-15)19(26)24-9-5-21(6-10-24)7-11-25(20(21)27)18-4-8-22-23(18)3/h4,8,12-14H,5-7,9-11H2,1-3H3. The summed E-state index contributed by atoms with van der Waals surface area (Å²) in [4.78, 5) is 29.8. The van der Waals surface area contributed by atoms with Gasteiger partial charge in [0.25, 0.3) is 5.91 Å². The first-order valence-corrected chi connectivity index (χ1v) is 9.57. The first-order valence-electron chi connectivity index (χ1n) is 9.57. The highest BCUT2D eigenvalue weighted by Crippen LogP contribution is 2.43. The second kappa shape index (κ2) is 6.51. The van der Waals surface area contributed by atoms with E-state index in [1.165, 1.54) is 0 Å². The Morgan fingerprint density at radius 2 is 1.67 bits per heavy atom. The molecule has 0 saturated carbocycles. The van der Waals surface area contributed by atoms with Crippen LogP contribution in [0, 0.1) is 19.3 Å². The number of carbonyl (C=O) groups is 2. The zero-order valence-electron chi connectivity index (χ0n) is 16.2. The molecule has 0 N–H and O–H groups in total. The van der Waals surface area contributed by atoms with Gasteiger partial charge in [0.05, 0.1) is 11.6 Å². The number of aromatic nitrogens is 2. The maximum Gasteiger partial charge on any atom is 0.253 e. The molecular formula is C21H26N4O2. The van der Waals surface area contributed by atoms with Crippen molar-refractivity contribution in [1.29, 1.82) is 0 Å². The number of carbonyl (C=O) groups excluding carboxylic acids is 2. The molecule has 0 atom stereocenters. The summed E-state index contributed by atoms with van der Waals surface area (Å²) in [7, 11) is 1.86. The molecule has 2 amide bonds. The van der Waals surface area contributed by atoms with Crippen LogP contribution in [0.4, 0.5) is 5.82 Å². The van der Waals surface area contributed by atoms with Gasteiger partial charge in [0.2, 0.25) is 5.91 Å². The summed E-state index contributed by atoms with van der Waals surface area (Å²) in [5, 5.41) is 4.18. The number of nitrogens with zero attached hydrogens (tertiary/aromatic N) is 4. The van der Waals surface area contributed by atoms with Crippen LogP contribution in [0.5, 0.6) is 0 Å². The minimum Gasteiger partial charge on any atom is -0.339 e. The Hall–Kier alpha value is -2.63. The molecule has 0 aliphatic carbocycles. The molecule has 2 saturated heterocycles. The zero-order chi connectivity index (χ0) is 19.2. The van der Waals surface area contributed by atoms with Gasteiger partial charge in [-0.2, -0.15) is 5.10 Å². The molecule has 6 nitrogen and oxygen atoms in total. The molecule has 0 unspecified atom stereocenters. The van der Waals surface area contributed by atoms with Crippen molar-refractivity contribution in [2.24, 2.45) is 12.5 Å². The minimum absolute atomic E-state index is 0.0746. The van der Waals surface area contributed by atoms with E-state index < -0.39 is 0 Å². The SMILES string of the molecule is Cc1cc(C)cc(C(=O)N2CCC3(CC2)CCN(c2ccnn2C)C3=O)c1. The molecule has 2 aliphatic heterocycles. The fraction of sp³-hybridized carbons (Fsp3) is 0.476. The number of hydrogen-bond acceptors (Lipinski definition) is 3. The highest BCUT2D eigenvalue weighted by atomic mass is 16.2. The summed E-state index contributed by atoms with van der Waals surface area (Å²) in [6.45, 7) is 6.02. The normalized spacial score (nSPS) is 19.1. The van der Waals surface area contributed by atoms with Crippen molar-refractivity contribution in [3.8, 4) is 0 Å². The number of anilines is 1. The first-order chi connectivity index (χ1) is 12.9. The lowest BCUT2D eigenvalue weighted by molar-refractivity contribution is -0.127. The van der Waals surface area contributed by atoms with Crippen molar-refractivity contribution in [2.45, 2.75) is 33.1 Å². The Balaban J connectivity index is 1.46. The number of rotatable bonds is 2. The highest BCUT2D eigenvalue weighted by molar-refractivity contribution is 6.00. The van der Waals surface area contributed by atoms with E-state index in [2.05, 4.69) is 11.2 Å². The predicted molar refractivity (Wildman–Crippen MR) is 104 cm³/mol. The van der Waals surface area contributed by atoms with Gasteiger partial charge in [0, 0.05) is 38.3 Å². The van der Waals surface area contributed by atoms with Gasteiger partial charge in [-0.25, -0.2) is 0 Å². The average molecular weight is 366 g/mol. The summed E-state index contributed by atoms with van der Waals surface area (Å²) in [5.41, 5.74) is 2.62.